The zero-order valence-corrected chi connectivity index (χ0v) is 8.50. The molecule has 2 nitrogen and oxygen atoms in total. The number of benzene rings is 1. The van der Waals surface area contributed by atoms with Crippen molar-refractivity contribution in [1.29, 1.82) is 0 Å². The first kappa shape index (κ1) is 9.16. The highest BCUT2D eigenvalue weighted by molar-refractivity contribution is 5.39. The third-order valence-electron chi connectivity index (χ3n) is 3.55. The fourth-order valence-corrected chi connectivity index (χ4v) is 2.56. The van der Waals surface area contributed by atoms with Crippen LogP contribution in [-0.2, 0) is 0 Å². The number of rotatable bonds is 0. The second kappa shape index (κ2) is 2.95. The van der Waals surface area contributed by atoms with Crippen molar-refractivity contribution in [3.8, 4) is 5.75 Å². The number of ether oxygens (including phenoxy) is 1. The van der Waals surface area contributed by atoms with Gasteiger partial charge in [-0.1, -0.05) is 0 Å². The number of hydrogen-bond donors (Lipinski definition) is 1. The molecule has 0 saturated heterocycles. The van der Waals surface area contributed by atoms with E-state index >= 15 is 0 Å². The summed E-state index contributed by atoms with van der Waals surface area (Å²) in [5, 5.41) is 0. The molecule has 2 aliphatic rings. The molecule has 1 atom stereocenters. The molecule has 2 N–H and O–H groups in total. The highest BCUT2D eigenvalue weighted by atomic mass is 19.1. The van der Waals surface area contributed by atoms with Crippen LogP contribution in [0.5, 0.6) is 5.75 Å². The summed E-state index contributed by atoms with van der Waals surface area (Å²) in [5.41, 5.74) is 6.83. The van der Waals surface area contributed by atoms with Gasteiger partial charge in [0.25, 0.3) is 0 Å². The predicted molar refractivity (Wildman–Crippen MR) is 55.2 cm³/mol. The van der Waals surface area contributed by atoms with E-state index < -0.39 is 0 Å². The van der Waals surface area contributed by atoms with Crippen molar-refractivity contribution in [1.82, 2.24) is 0 Å². The van der Waals surface area contributed by atoms with Crippen molar-refractivity contribution in [2.45, 2.75) is 37.3 Å². The molecule has 1 aromatic rings. The molecule has 80 valence electrons. The van der Waals surface area contributed by atoms with Crippen LogP contribution in [-0.4, -0.2) is 5.60 Å². The Morgan fingerprint density at radius 3 is 2.87 bits per heavy atom. The highest BCUT2D eigenvalue weighted by Gasteiger charge is 2.44. The van der Waals surface area contributed by atoms with E-state index in [1.54, 1.807) is 6.07 Å². The van der Waals surface area contributed by atoms with Crippen molar-refractivity contribution in [2.75, 3.05) is 0 Å². The summed E-state index contributed by atoms with van der Waals surface area (Å²) in [6, 6.07) is 4.54. The molecule has 0 radical (unpaired) electrons. The maximum Gasteiger partial charge on any atom is 0.125 e. The van der Waals surface area contributed by atoms with Crippen LogP contribution in [0.25, 0.3) is 0 Å². The summed E-state index contributed by atoms with van der Waals surface area (Å²) >= 11 is 0. The Balaban J connectivity index is 2.01. The van der Waals surface area contributed by atoms with Crippen molar-refractivity contribution >= 4 is 0 Å². The summed E-state index contributed by atoms with van der Waals surface area (Å²) < 4.78 is 19.0. The first-order valence-electron chi connectivity index (χ1n) is 5.43. The van der Waals surface area contributed by atoms with Crippen LogP contribution in [0.1, 0.15) is 37.3 Å². The van der Waals surface area contributed by atoms with Gasteiger partial charge in [-0.3, -0.25) is 0 Å². The van der Waals surface area contributed by atoms with Gasteiger partial charge in [-0.05, 0) is 37.5 Å². The van der Waals surface area contributed by atoms with E-state index in [1.165, 1.54) is 18.6 Å². The van der Waals surface area contributed by atoms with Crippen LogP contribution in [0.4, 0.5) is 4.39 Å². The summed E-state index contributed by atoms with van der Waals surface area (Å²) in [4.78, 5) is 0. The molecule has 1 aliphatic carbocycles. The molecule has 1 heterocycles. The Bertz CT molecular complexity index is 401. The Hall–Kier alpha value is -1.09. The Morgan fingerprint density at radius 2 is 2.20 bits per heavy atom. The van der Waals surface area contributed by atoms with Crippen molar-refractivity contribution < 1.29 is 9.13 Å². The molecule has 3 heteroatoms. The van der Waals surface area contributed by atoms with Gasteiger partial charge in [-0.2, -0.15) is 0 Å². The average Bonchev–Trinajstić information content (AvgIpc) is 2.16. The normalized spacial score (nSPS) is 26.7. The largest absolute Gasteiger partial charge is 0.487 e. The molecule has 0 amide bonds. The third-order valence-corrected chi connectivity index (χ3v) is 3.55. The fraction of sp³-hybridized carbons (Fsp3) is 0.500. The molecule has 3 rings (SSSR count). The van der Waals surface area contributed by atoms with E-state index in [0.717, 1.165) is 30.6 Å². The minimum atomic E-state index is -0.239. The third kappa shape index (κ3) is 1.34. The van der Waals surface area contributed by atoms with Crippen molar-refractivity contribution in [2.24, 2.45) is 5.73 Å². The van der Waals surface area contributed by atoms with Gasteiger partial charge in [0.2, 0.25) is 0 Å². The van der Waals surface area contributed by atoms with Gasteiger partial charge < -0.3 is 10.5 Å². The molecular formula is C12H14FNO. The van der Waals surface area contributed by atoms with E-state index in [0.29, 0.717) is 0 Å². The smallest absolute Gasteiger partial charge is 0.125 e. The molecule has 1 aromatic carbocycles. The Morgan fingerprint density at radius 1 is 1.40 bits per heavy atom. The van der Waals surface area contributed by atoms with Crippen LogP contribution in [0, 0.1) is 5.82 Å². The van der Waals surface area contributed by atoms with Gasteiger partial charge in [-0.15, -0.1) is 0 Å². The molecule has 1 spiro atoms. The molecule has 1 aliphatic heterocycles. The topological polar surface area (TPSA) is 35.2 Å². The summed E-state index contributed by atoms with van der Waals surface area (Å²) in [6.45, 7) is 0. The zero-order valence-electron chi connectivity index (χ0n) is 8.50. The molecule has 1 fully saturated rings. The molecule has 1 saturated carbocycles. The van der Waals surface area contributed by atoms with E-state index in [2.05, 4.69) is 0 Å². The van der Waals surface area contributed by atoms with E-state index in [1.807, 2.05) is 0 Å². The Kier molecular flexibility index (Phi) is 1.80. The fourth-order valence-electron chi connectivity index (χ4n) is 2.56. The van der Waals surface area contributed by atoms with E-state index in [-0.39, 0.29) is 17.5 Å². The number of halogens is 1. The van der Waals surface area contributed by atoms with Gasteiger partial charge >= 0.3 is 0 Å². The van der Waals surface area contributed by atoms with Gasteiger partial charge in [-0.25, -0.2) is 4.39 Å². The first-order valence-corrected chi connectivity index (χ1v) is 5.43. The second-order valence-electron chi connectivity index (χ2n) is 4.63. The van der Waals surface area contributed by atoms with Crippen molar-refractivity contribution in [3.05, 3.63) is 29.6 Å². The highest BCUT2D eigenvalue weighted by Crippen LogP contribution is 2.47. The summed E-state index contributed by atoms with van der Waals surface area (Å²) in [7, 11) is 0. The summed E-state index contributed by atoms with van der Waals surface area (Å²) in [6.07, 6.45) is 4.20. The molecule has 0 unspecified atom stereocenters. The van der Waals surface area contributed by atoms with Gasteiger partial charge in [0, 0.05) is 18.0 Å². The van der Waals surface area contributed by atoms with Crippen LogP contribution in [0.2, 0.25) is 0 Å². The molecule has 0 aromatic heterocycles. The van der Waals surface area contributed by atoms with E-state index in [4.69, 9.17) is 10.5 Å². The second-order valence-corrected chi connectivity index (χ2v) is 4.63. The standard InChI is InChI=1S/C12H14FNO/c13-8-2-3-11-9(6-8)10(14)7-12(15-11)4-1-5-12/h2-3,6,10H,1,4-5,7,14H2/t10-/m1/s1. The monoisotopic (exact) mass is 207 g/mol. The summed E-state index contributed by atoms with van der Waals surface area (Å²) in [5.74, 6) is 0.534. The molecular weight excluding hydrogens is 193 g/mol. The number of nitrogens with two attached hydrogens (primary N) is 1. The maximum atomic E-state index is 13.0. The van der Waals surface area contributed by atoms with Crippen LogP contribution in [0.3, 0.4) is 0 Å². The van der Waals surface area contributed by atoms with Gasteiger partial charge in [0.05, 0.1) is 0 Å². The number of fused-ring (bicyclic) bond motifs is 1. The van der Waals surface area contributed by atoms with Crippen LogP contribution in [0.15, 0.2) is 18.2 Å². The van der Waals surface area contributed by atoms with Gasteiger partial charge in [0.1, 0.15) is 17.2 Å². The first-order chi connectivity index (χ1) is 7.19. The Labute approximate surface area is 88.2 Å². The minimum absolute atomic E-state index is 0.0375. The maximum absolute atomic E-state index is 13.0. The zero-order chi connectivity index (χ0) is 10.5. The molecule has 0 bridgehead atoms. The lowest BCUT2D eigenvalue weighted by Crippen LogP contribution is -2.48. The van der Waals surface area contributed by atoms with Crippen LogP contribution < -0.4 is 10.5 Å². The van der Waals surface area contributed by atoms with Gasteiger partial charge in [0.15, 0.2) is 0 Å². The SMILES string of the molecule is N[C@@H]1CC2(CCC2)Oc2ccc(F)cc21. The molecule has 15 heavy (non-hydrogen) atoms. The quantitative estimate of drug-likeness (QED) is 0.709. The lowest BCUT2D eigenvalue weighted by atomic mass is 9.73. The van der Waals surface area contributed by atoms with Crippen LogP contribution >= 0.6 is 0 Å². The lowest BCUT2D eigenvalue weighted by molar-refractivity contribution is -0.0330. The average molecular weight is 207 g/mol. The lowest BCUT2D eigenvalue weighted by Gasteiger charge is -2.47. The van der Waals surface area contributed by atoms with Crippen molar-refractivity contribution in [3.63, 3.8) is 0 Å². The predicted octanol–water partition coefficient (Wildman–Crippen LogP) is 2.53. The minimum Gasteiger partial charge on any atom is -0.487 e. The number of hydrogen-bond acceptors (Lipinski definition) is 2. The van der Waals surface area contributed by atoms with E-state index in [9.17, 15) is 4.39 Å².